The molecule has 1 rings (SSSR count). The lowest BCUT2D eigenvalue weighted by Crippen LogP contribution is -2.40. The van der Waals surface area contributed by atoms with Crippen LogP contribution in [0.25, 0.3) is 0 Å². The van der Waals surface area contributed by atoms with Crippen molar-refractivity contribution in [1.82, 2.24) is 4.90 Å². The minimum absolute atomic E-state index is 0.0672. The molecule has 0 aliphatic carbocycles. The molecule has 4 N–H and O–H groups in total. The Hall–Kier alpha value is -1.14. The monoisotopic (exact) mass is 230 g/mol. The first kappa shape index (κ1) is 12.9. The van der Waals surface area contributed by atoms with E-state index in [9.17, 15) is 9.59 Å². The molecule has 0 radical (unpaired) electrons. The van der Waals surface area contributed by atoms with Crippen LogP contribution in [-0.2, 0) is 9.59 Å². The van der Waals surface area contributed by atoms with Gasteiger partial charge in [-0.3, -0.25) is 14.5 Å². The highest BCUT2D eigenvalue weighted by Crippen LogP contribution is 2.21. The van der Waals surface area contributed by atoms with Gasteiger partial charge in [0.05, 0.1) is 6.54 Å². The van der Waals surface area contributed by atoms with Gasteiger partial charge in [-0.25, -0.2) is 0 Å². The molecule has 0 aromatic carbocycles. The molecule has 1 fully saturated rings. The quantitative estimate of drug-likeness (QED) is 0.593. The number of aliphatic carboxylic acids is 2. The van der Waals surface area contributed by atoms with Crippen LogP contribution < -0.4 is 5.73 Å². The maximum atomic E-state index is 10.6. The van der Waals surface area contributed by atoms with Crippen LogP contribution >= 0.6 is 0 Å². The van der Waals surface area contributed by atoms with Gasteiger partial charge in [0, 0.05) is 0 Å². The molecular formula is C10H18N2O4. The Bertz CT molecular complexity index is 262. The fraction of sp³-hybridized carbons (Fsp3) is 0.800. The summed E-state index contributed by atoms with van der Waals surface area (Å²) in [6.45, 7) is 1.49. The van der Waals surface area contributed by atoms with Crippen LogP contribution in [0.5, 0.6) is 0 Å². The summed E-state index contributed by atoms with van der Waals surface area (Å²) in [5.74, 6) is -1.48. The van der Waals surface area contributed by atoms with E-state index in [4.69, 9.17) is 15.9 Å². The van der Waals surface area contributed by atoms with Gasteiger partial charge < -0.3 is 15.9 Å². The standard InChI is InChI=1S/C10H18N2O4/c11-8(10(15)16)5-7-1-3-12(4-2-7)6-9(13)14/h7-8H,1-6,11H2,(H,13,14)(H,15,16)/t8-/m0/s1. The minimum Gasteiger partial charge on any atom is -0.480 e. The first-order valence-electron chi connectivity index (χ1n) is 5.41. The summed E-state index contributed by atoms with van der Waals surface area (Å²) in [4.78, 5) is 22.9. The first-order chi connectivity index (χ1) is 7.49. The molecule has 6 heteroatoms. The molecule has 0 aromatic rings. The van der Waals surface area contributed by atoms with Crippen LogP contribution in [0.15, 0.2) is 0 Å². The van der Waals surface area contributed by atoms with Crippen molar-refractivity contribution in [2.24, 2.45) is 11.7 Å². The molecule has 1 aliphatic rings. The molecule has 1 heterocycles. The molecule has 92 valence electrons. The Labute approximate surface area is 94.0 Å². The van der Waals surface area contributed by atoms with E-state index in [-0.39, 0.29) is 6.54 Å². The molecule has 0 saturated carbocycles. The number of carboxylic acids is 2. The number of hydrogen-bond donors (Lipinski definition) is 3. The van der Waals surface area contributed by atoms with Crippen LogP contribution in [0.4, 0.5) is 0 Å². The number of carbonyl (C=O) groups is 2. The van der Waals surface area contributed by atoms with Gasteiger partial charge >= 0.3 is 11.9 Å². The maximum absolute atomic E-state index is 10.6. The van der Waals surface area contributed by atoms with Crippen LogP contribution in [-0.4, -0.2) is 52.7 Å². The summed E-state index contributed by atoms with van der Waals surface area (Å²) in [7, 11) is 0. The highest BCUT2D eigenvalue weighted by atomic mass is 16.4. The molecule has 6 nitrogen and oxygen atoms in total. The molecule has 0 aromatic heterocycles. The lowest BCUT2D eigenvalue weighted by atomic mass is 9.90. The van der Waals surface area contributed by atoms with Gasteiger partial charge in [-0.15, -0.1) is 0 Å². The summed E-state index contributed by atoms with van der Waals surface area (Å²) in [5, 5.41) is 17.3. The number of nitrogens with two attached hydrogens (primary N) is 1. The average Bonchev–Trinajstić information content (AvgIpc) is 2.20. The van der Waals surface area contributed by atoms with Crippen molar-refractivity contribution in [3.8, 4) is 0 Å². The molecule has 0 amide bonds. The second kappa shape index (κ2) is 5.81. The van der Waals surface area contributed by atoms with Gasteiger partial charge in [-0.05, 0) is 38.3 Å². The summed E-state index contributed by atoms with van der Waals surface area (Å²) < 4.78 is 0. The second-order valence-corrected chi connectivity index (χ2v) is 4.29. The Balaban J connectivity index is 2.26. The van der Waals surface area contributed by atoms with E-state index in [2.05, 4.69) is 0 Å². The van der Waals surface area contributed by atoms with E-state index < -0.39 is 18.0 Å². The lowest BCUT2D eigenvalue weighted by molar-refractivity contribution is -0.139. The van der Waals surface area contributed by atoms with E-state index in [1.165, 1.54) is 0 Å². The summed E-state index contributed by atoms with van der Waals surface area (Å²) in [5.41, 5.74) is 5.46. The fourth-order valence-corrected chi connectivity index (χ4v) is 2.03. The molecule has 16 heavy (non-hydrogen) atoms. The highest BCUT2D eigenvalue weighted by Gasteiger charge is 2.24. The van der Waals surface area contributed by atoms with Crippen molar-refractivity contribution in [2.45, 2.75) is 25.3 Å². The molecule has 0 bridgehead atoms. The molecule has 0 spiro atoms. The number of carboxylic acid groups (broad SMARTS) is 2. The lowest BCUT2D eigenvalue weighted by Gasteiger charge is -2.31. The van der Waals surface area contributed by atoms with E-state index in [0.717, 1.165) is 12.8 Å². The van der Waals surface area contributed by atoms with Gasteiger partial charge in [0.2, 0.25) is 0 Å². The van der Waals surface area contributed by atoms with Crippen LogP contribution in [0.2, 0.25) is 0 Å². The third kappa shape index (κ3) is 4.16. The molecule has 0 unspecified atom stereocenters. The zero-order chi connectivity index (χ0) is 12.1. The van der Waals surface area contributed by atoms with Gasteiger partial charge in [-0.2, -0.15) is 0 Å². The second-order valence-electron chi connectivity index (χ2n) is 4.29. The number of nitrogens with zero attached hydrogens (tertiary/aromatic N) is 1. The molecule has 1 atom stereocenters. The van der Waals surface area contributed by atoms with Crippen LogP contribution in [0, 0.1) is 5.92 Å². The van der Waals surface area contributed by atoms with E-state index in [1.807, 2.05) is 4.90 Å². The normalized spacial score (nSPS) is 20.6. The average molecular weight is 230 g/mol. The maximum Gasteiger partial charge on any atom is 0.320 e. The largest absolute Gasteiger partial charge is 0.480 e. The smallest absolute Gasteiger partial charge is 0.320 e. The molecular weight excluding hydrogens is 212 g/mol. The zero-order valence-corrected chi connectivity index (χ0v) is 9.13. The number of piperidine rings is 1. The molecule has 1 saturated heterocycles. The number of rotatable bonds is 5. The topological polar surface area (TPSA) is 104 Å². The van der Waals surface area contributed by atoms with E-state index in [0.29, 0.717) is 25.4 Å². The van der Waals surface area contributed by atoms with Gasteiger partial charge in [0.25, 0.3) is 0 Å². The van der Waals surface area contributed by atoms with Crippen molar-refractivity contribution < 1.29 is 19.8 Å². The van der Waals surface area contributed by atoms with Crippen molar-refractivity contribution in [2.75, 3.05) is 19.6 Å². The fourth-order valence-electron chi connectivity index (χ4n) is 2.03. The van der Waals surface area contributed by atoms with E-state index in [1.54, 1.807) is 0 Å². The predicted molar refractivity (Wildman–Crippen MR) is 57.0 cm³/mol. The molecule has 1 aliphatic heterocycles. The zero-order valence-electron chi connectivity index (χ0n) is 9.13. The van der Waals surface area contributed by atoms with E-state index >= 15 is 0 Å². The highest BCUT2D eigenvalue weighted by molar-refractivity contribution is 5.73. The van der Waals surface area contributed by atoms with Crippen LogP contribution in [0.1, 0.15) is 19.3 Å². The summed E-state index contributed by atoms with van der Waals surface area (Å²) in [6, 6.07) is -0.795. The van der Waals surface area contributed by atoms with Gasteiger partial charge in [0.1, 0.15) is 6.04 Å². The summed E-state index contributed by atoms with van der Waals surface area (Å²) in [6.07, 6.45) is 2.14. The minimum atomic E-state index is -0.965. The van der Waals surface area contributed by atoms with Gasteiger partial charge in [0.15, 0.2) is 0 Å². The Morgan fingerprint density at radius 3 is 2.31 bits per heavy atom. The SMILES string of the molecule is N[C@@H](CC1CCN(CC(=O)O)CC1)C(=O)O. The Morgan fingerprint density at radius 1 is 1.31 bits per heavy atom. The third-order valence-corrected chi connectivity index (χ3v) is 2.97. The van der Waals surface area contributed by atoms with Crippen LogP contribution in [0.3, 0.4) is 0 Å². The van der Waals surface area contributed by atoms with Crippen molar-refractivity contribution in [1.29, 1.82) is 0 Å². The number of likely N-dealkylation sites (tertiary alicyclic amines) is 1. The van der Waals surface area contributed by atoms with Crippen molar-refractivity contribution in [3.05, 3.63) is 0 Å². The first-order valence-corrected chi connectivity index (χ1v) is 5.41. The third-order valence-electron chi connectivity index (χ3n) is 2.97. The Kier molecular flexibility index (Phi) is 4.70. The number of hydrogen-bond acceptors (Lipinski definition) is 4. The Morgan fingerprint density at radius 2 is 1.88 bits per heavy atom. The van der Waals surface area contributed by atoms with Gasteiger partial charge in [-0.1, -0.05) is 0 Å². The van der Waals surface area contributed by atoms with Crippen molar-refractivity contribution in [3.63, 3.8) is 0 Å². The predicted octanol–water partition coefficient (Wildman–Crippen LogP) is -0.415. The van der Waals surface area contributed by atoms with Crippen molar-refractivity contribution >= 4 is 11.9 Å². The summed E-state index contributed by atoms with van der Waals surface area (Å²) >= 11 is 0.